The van der Waals surface area contributed by atoms with Crippen LogP contribution in [0.25, 0.3) is 11.1 Å². The van der Waals surface area contributed by atoms with Crippen molar-refractivity contribution in [3.8, 4) is 22.9 Å². The van der Waals surface area contributed by atoms with Crippen LogP contribution >= 0.6 is 11.6 Å². The molecule has 0 saturated carbocycles. The fourth-order valence-corrected chi connectivity index (χ4v) is 4.23. The van der Waals surface area contributed by atoms with Crippen LogP contribution in [-0.2, 0) is 11.2 Å². The SMILES string of the molecule is COc1cn(C(Cc2ccncc2)C(=O)Nc2ccc(C(N)=O)c(F)c2)c(=O)cc1-c1cc(Cl)ccc1C#N. The van der Waals surface area contributed by atoms with Gasteiger partial charge in [0.05, 0.1) is 30.5 Å². The maximum Gasteiger partial charge on any atom is 0.252 e. The number of hydrogen-bond acceptors (Lipinski definition) is 6. The molecule has 2 aromatic heterocycles. The van der Waals surface area contributed by atoms with Crippen LogP contribution in [0.3, 0.4) is 0 Å². The summed E-state index contributed by atoms with van der Waals surface area (Å²) in [5.41, 5.74) is 6.04. The van der Waals surface area contributed by atoms with Gasteiger partial charge in [0.2, 0.25) is 5.91 Å². The number of benzene rings is 2. The number of amides is 2. The third-order valence-electron chi connectivity index (χ3n) is 5.98. The van der Waals surface area contributed by atoms with Gasteiger partial charge in [-0.3, -0.25) is 23.9 Å². The quantitative estimate of drug-likeness (QED) is 0.341. The van der Waals surface area contributed by atoms with Crippen molar-refractivity contribution in [2.45, 2.75) is 12.5 Å². The van der Waals surface area contributed by atoms with Crippen LogP contribution in [0.15, 0.2) is 78.0 Å². The Morgan fingerprint density at radius 1 is 1.15 bits per heavy atom. The van der Waals surface area contributed by atoms with Crippen molar-refractivity contribution in [1.29, 1.82) is 5.26 Å². The number of hydrogen-bond donors (Lipinski definition) is 2. The van der Waals surface area contributed by atoms with E-state index in [0.717, 1.165) is 12.1 Å². The van der Waals surface area contributed by atoms with Crippen LogP contribution in [0.1, 0.15) is 27.5 Å². The lowest BCUT2D eigenvalue weighted by Crippen LogP contribution is -2.34. The highest BCUT2D eigenvalue weighted by molar-refractivity contribution is 6.31. The molecule has 4 aromatic rings. The first kappa shape index (κ1) is 27.0. The minimum atomic E-state index is -1.10. The molecule has 0 fully saturated rings. The van der Waals surface area contributed by atoms with E-state index in [4.69, 9.17) is 22.1 Å². The van der Waals surface area contributed by atoms with Crippen LogP contribution in [0, 0.1) is 17.1 Å². The van der Waals surface area contributed by atoms with Crippen LogP contribution in [0.5, 0.6) is 5.75 Å². The first-order chi connectivity index (χ1) is 18.7. The summed E-state index contributed by atoms with van der Waals surface area (Å²) in [6.07, 6.45) is 4.57. The maximum absolute atomic E-state index is 14.3. The van der Waals surface area contributed by atoms with Crippen molar-refractivity contribution in [2.75, 3.05) is 12.4 Å². The third-order valence-corrected chi connectivity index (χ3v) is 6.21. The van der Waals surface area contributed by atoms with Crippen LogP contribution < -0.4 is 21.3 Å². The van der Waals surface area contributed by atoms with Gasteiger partial charge in [-0.15, -0.1) is 0 Å². The summed E-state index contributed by atoms with van der Waals surface area (Å²) < 4.78 is 21.1. The Labute approximate surface area is 227 Å². The number of nitrogens with one attached hydrogen (secondary N) is 1. The van der Waals surface area contributed by atoms with E-state index < -0.39 is 29.2 Å². The molecular weight excluding hydrogens is 525 g/mol. The van der Waals surface area contributed by atoms with Crippen molar-refractivity contribution in [1.82, 2.24) is 9.55 Å². The minimum Gasteiger partial charge on any atom is -0.495 e. The number of halogens is 2. The Bertz CT molecular complexity index is 1670. The second-order valence-electron chi connectivity index (χ2n) is 8.43. The van der Waals surface area contributed by atoms with E-state index in [1.807, 2.05) is 0 Å². The molecule has 196 valence electrons. The highest BCUT2D eigenvalue weighted by atomic mass is 35.5. The number of nitrogens with zero attached hydrogens (tertiary/aromatic N) is 3. The third kappa shape index (κ3) is 5.95. The molecule has 4 rings (SSSR count). The average Bonchev–Trinajstić information content (AvgIpc) is 2.92. The van der Waals surface area contributed by atoms with Crippen LogP contribution in [0.4, 0.5) is 10.1 Å². The molecule has 0 aliphatic rings. The average molecular weight is 546 g/mol. The molecule has 2 heterocycles. The van der Waals surface area contributed by atoms with E-state index in [-0.39, 0.29) is 29.0 Å². The van der Waals surface area contributed by atoms with Crippen LogP contribution in [-0.4, -0.2) is 28.5 Å². The van der Waals surface area contributed by atoms with Gasteiger partial charge in [-0.1, -0.05) is 11.6 Å². The number of anilines is 1. The predicted octanol–water partition coefficient (Wildman–Crippen LogP) is 4.10. The molecule has 0 aliphatic heterocycles. The van der Waals surface area contributed by atoms with Crippen molar-refractivity contribution < 1.29 is 18.7 Å². The van der Waals surface area contributed by atoms with Gasteiger partial charge in [0.15, 0.2) is 0 Å². The lowest BCUT2D eigenvalue weighted by atomic mass is 10.00. The van der Waals surface area contributed by atoms with Crippen molar-refractivity contribution in [3.63, 3.8) is 0 Å². The largest absolute Gasteiger partial charge is 0.495 e. The van der Waals surface area contributed by atoms with Crippen molar-refractivity contribution >= 4 is 29.1 Å². The fourth-order valence-electron chi connectivity index (χ4n) is 4.06. The molecule has 3 N–H and O–H groups in total. The molecule has 39 heavy (non-hydrogen) atoms. The number of pyridine rings is 2. The molecule has 0 spiro atoms. The highest BCUT2D eigenvalue weighted by Gasteiger charge is 2.25. The molecule has 0 aliphatic carbocycles. The highest BCUT2D eigenvalue weighted by Crippen LogP contribution is 2.33. The summed E-state index contributed by atoms with van der Waals surface area (Å²) in [7, 11) is 1.39. The fraction of sp³-hybridized carbons (Fsp3) is 0.107. The number of nitrogens with two attached hydrogens (primary N) is 1. The second kappa shape index (κ2) is 11.6. The molecule has 11 heteroatoms. The van der Waals surface area contributed by atoms with E-state index in [0.29, 0.717) is 21.7 Å². The molecular formula is C28H21ClFN5O4. The van der Waals surface area contributed by atoms with Gasteiger partial charge in [-0.2, -0.15) is 5.26 Å². The Hall–Kier alpha value is -5.01. The van der Waals surface area contributed by atoms with Gasteiger partial charge in [0.25, 0.3) is 11.5 Å². The van der Waals surface area contributed by atoms with Gasteiger partial charge in [0.1, 0.15) is 17.6 Å². The first-order valence-corrected chi connectivity index (χ1v) is 11.9. The lowest BCUT2D eigenvalue weighted by molar-refractivity contribution is -0.119. The van der Waals surface area contributed by atoms with Gasteiger partial charge in [0, 0.05) is 46.7 Å². The lowest BCUT2D eigenvalue weighted by Gasteiger charge is -2.22. The van der Waals surface area contributed by atoms with E-state index in [1.54, 1.807) is 36.7 Å². The number of methoxy groups -OCH3 is 1. The Morgan fingerprint density at radius 2 is 1.90 bits per heavy atom. The molecule has 2 aromatic carbocycles. The Balaban J connectivity index is 1.79. The molecule has 9 nitrogen and oxygen atoms in total. The molecule has 0 saturated heterocycles. The van der Waals surface area contributed by atoms with Crippen LogP contribution in [0.2, 0.25) is 5.02 Å². The number of aromatic nitrogens is 2. The van der Waals surface area contributed by atoms with Gasteiger partial charge >= 0.3 is 0 Å². The van der Waals surface area contributed by atoms with Gasteiger partial charge in [-0.25, -0.2) is 4.39 Å². The number of nitriles is 1. The zero-order valence-corrected chi connectivity index (χ0v) is 21.3. The molecule has 0 radical (unpaired) electrons. The number of carbonyl (C=O) groups is 2. The molecule has 0 bridgehead atoms. The van der Waals surface area contributed by atoms with Gasteiger partial charge in [-0.05, 0) is 54.1 Å². The molecule has 2 amide bonds. The number of ether oxygens (including phenoxy) is 1. The molecule has 1 atom stereocenters. The summed E-state index contributed by atoms with van der Waals surface area (Å²) >= 11 is 6.14. The Morgan fingerprint density at radius 3 is 2.54 bits per heavy atom. The summed E-state index contributed by atoms with van der Waals surface area (Å²) in [6.45, 7) is 0. The number of carbonyl (C=O) groups excluding carboxylic acids is 2. The normalized spacial score (nSPS) is 11.3. The maximum atomic E-state index is 14.3. The van der Waals surface area contributed by atoms with Crippen molar-refractivity contribution in [3.05, 3.63) is 111 Å². The van der Waals surface area contributed by atoms with E-state index in [1.165, 1.54) is 36.1 Å². The summed E-state index contributed by atoms with van der Waals surface area (Å²) in [5.74, 6) is -2.25. The Kier molecular flexibility index (Phi) is 8.03. The van der Waals surface area contributed by atoms with Gasteiger partial charge < -0.3 is 15.8 Å². The number of rotatable bonds is 8. The zero-order valence-electron chi connectivity index (χ0n) is 20.5. The summed E-state index contributed by atoms with van der Waals surface area (Å²) in [6, 6.07) is 13.7. The number of primary amides is 1. The zero-order chi connectivity index (χ0) is 28.1. The van der Waals surface area contributed by atoms with E-state index in [2.05, 4.69) is 16.4 Å². The topological polar surface area (TPSA) is 140 Å². The summed E-state index contributed by atoms with van der Waals surface area (Å²) in [5, 5.41) is 12.5. The minimum absolute atomic E-state index is 0.0662. The standard InChI is InChI=1S/C28H21ClFN5O4/c1-39-25-15-35(26(36)13-22(25)21-11-18(29)3-2-17(21)14-31)24(10-16-6-8-33-9-7-16)28(38)34-19-4-5-20(27(32)37)23(30)12-19/h2-9,11-13,15,24H,10H2,1H3,(H2,32,37)(H,34,38). The predicted molar refractivity (Wildman–Crippen MR) is 143 cm³/mol. The molecule has 1 unspecified atom stereocenters. The monoisotopic (exact) mass is 545 g/mol. The first-order valence-electron chi connectivity index (χ1n) is 11.5. The summed E-state index contributed by atoms with van der Waals surface area (Å²) in [4.78, 5) is 42.2. The van der Waals surface area contributed by atoms with E-state index in [9.17, 15) is 24.0 Å². The smallest absolute Gasteiger partial charge is 0.252 e. The second-order valence-corrected chi connectivity index (χ2v) is 8.86. The van der Waals surface area contributed by atoms with E-state index >= 15 is 0 Å². The van der Waals surface area contributed by atoms with Crippen molar-refractivity contribution in [2.24, 2.45) is 5.73 Å².